The van der Waals surface area contributed by atoms with Gasteiger partial charge in [0.25, 0.3) is 5.91 Å². The second-order valence-corrected chi connectivity index (χ2v) is 9.44. The number of urea groups is 1. The van der Waals surface area contributed by atoms with Crippen LogP contribution in [0.5, 0.6) is 5.75 Å². The molecule has 11 heteroatoms. The van der Waals surface area contributed by atoms with Crippen LogP contribution in [0.15, 0.2) is 64.4 Å². The summed E-state index contributed by atoms with van der Waals surface area (Å²) in [7, 11) is 1.49. The van der Waals surface area contributed by atoms with Crippen LogP contribution in [-0.2, 0) is 14.4 Å². The molecule has 9 nitrogen and oxygen atoms in total. The van der Waals surface area contributed by atoms with Crippen LogP contribution in [0.25, 0.3) is 0 Å². The number of hydrogen-bond donors (Lipinski definition) is 0. The average molecular weight is 495 g/mol. The van der Waals surface area contributed by atoms with Crippen LogP contribution >= 0.6 is 22.7 Å². The molecule has 0 spiro atoms. The predicted octanol–water partition coefficient (Wildman–Crippen LogP) is 3.49. The molecule has 1 saturated heterocycles. The summed E-state index contributed by atoms with van der Waals surface area (Å²) in [6, 6.07) is 12.6. The van der Waals surface area contributed by atoms with E-state index in [4.69, 9.17) is 4.74 Å². The molecule has 0 aliphatic carbocycles. The van der Waals surface area contributed by atoms with Crippen molar-refractivity contribution in [3.63, 3.8) is 0 Å². The van der Waals surface area contributed by atoms with E-state index in [2.05, 4.69) is 5.10 Å². The first-order chi connectivity index (χ1) is 16.5. The predicted molar refractivity (Wildman–Crippen MR) is 127 cm³/mol. The number of carbonyl (C=O) groups is 4. The molecule has 2 aliphatic rings. The molecule has 0 unspecified atom stereocenters. The Morgan fingerprint density at radius 3 is 2.41 bits per heavy atom. The van der Waals surface area contributed by atoms with Gasteiger partial charge in [0.15, 0.2) is 0 Å². The molecule has 5 rings (SSSR count). The molecule has 1 atom stereocenters. The minimum Gasteiger partial charge on any atom is -0.497 e. The lowest BCUT2D eigenvalue weighted by Gasteiger charge is -2.22. The largest absolute Gasteiger partial charge is 0.497 e. The summed E-state index contributed by atoms with van der Waals surface area (Å²) in [5.41, 5.74) is 0.978. The van der Waals surface area contributed by atoms with Crippen LogP contribution < -0.4 is 9.64 Å². The molecule has 34 heavy (non-hydrogen) atoms. The Bertz CT molecular complexity index is 1290. The molecule has 0 radical (unpaired) electrons. The Morgan fingerprint density at radius 1 is 1.03 bits per heavy atom. The van der Waals surface area contributed by atoms with Crippen molar-refractivity contribution < 1.29 is 23.9 Å². The fraction of sp³-hybridized carbons (Fsp3) is 0.174. The van der Waals surface area contributed by atoms with E-state index >= 15 is 0 Å². The summed E-state index contributed by atoms with van der Waals surface area (Å²) in [5, 5.41) is 9.70. The van der Waals surface area contributed by atoms with Crippen LogP contribution in [0, 0.1) is 0 Å². The normalized spacial score (nSPS) is 18.1. The lowest BCUT2D eigenvalue weighted by molar-refractivity contribution is -0.142. The topological polar surface area (TPSA) is 99.6 Å². The minimum atomic E-state index is -1.05. The van der Waals surface area contributed by atoms with Gasteiger partial charge in [-0.2, -0.15) is 5.10 Å². The maximum atomic E-state index is 13.3. The van der Waals surface area contributed by atoms with E-state index in [1.807, 2.05) is 35.0 Å². The van der Waals surface area contributed by atoms with Gasteiger partial charge in [0, 0.05) is 11.3 Å². The van der Waals surface area contributed by atoms with E-state index in [1.165, 1.54) is 46.9 Å². The van der Waals surface area contributed by atoms with Gasteiger partial charge in [-0.15, -0.1) is 22.7 Å². The van der Waals surface area contributed by atoms with Crippen LogP contribution in [0.2, 0.25) is 0 Å². The zero-order chi connectivity index (χ0) is 23.8. The van der Waals surface area contributed by atoms with Crippen molar-refractivity contribution in [2.75, 3.05) is 18.6 Å². The van der Waals surface area contributed by atoms with E-state index in [0.717, 1.165) is 20.4 Å². The Kier molecular flexibility index (Phi) is 5.72. The maximum absolute atomic E-state index is 13.3. The van der Waals surface area contributed by atoms with Crippen LogP contribution in [0.3, 0.4) is 0 Å². The lowest BCUT2D eigenvalue weighted by atomic mass is 10.1. The van der Waals surface area contributed by atoms with Gasteiger partial charge in [0.2, 0.25) is 0 Å². The molecular weight excluding hydrogens is 476 g/mol. The molecule has 4 heterocycles. The van der Waals surface area contributed by atoms with Gasteiger partial charge in [-0.25, -0.2) is 19.6 Å². The van der Waals surface area contributed by atoms with Crippen molar-refractivity contribution >= 4 is 57.8 Å². The number of thiophene rings is 2. The summed E-state index contributed by atoms with van der Waals surface area (Å²) in [5.74, 6) is -2.07. The van der Waals surface area contributed by atoms with Gasteiger partial charge >= 0.3 is 17.8 Å². The number of hydrazone groups is 1. The number of ether oxygens (including phenoxy) is 1. The van der Waals surface area contributed by atoms with Crippen LogP contribution in [0.1, 0.15) is 22.2 Å². The number of anilines is 1. The molecule has 5 amide bonds. The highest BCUT2D eigenvalue weighted by molar-refractivity contribution is 7.12. The highest BCUT2D eigenvalue weighted by Gasteiger charge is 2.47. The van der Waals surface area contributed by atoms with E-state index in [9.17, 15) is 19.2 Å². The third kappa shape index (κ3) is 3.78. The number of imide groups is 2. The summed E-state index contributed by atoms with van der Waals surface area (Å²) in [6.07, 6.45) is 0.519. The third-order valence-electron chi connectivity index (χ3n) is 5.52. The first-order valence-electron chi connectivity index (χ1n) is 10.3. The third-order valence-corrected chi connectivity index (χ3v) is 7.41. The number of nitrogens with zero attached hydrogens (tertiary/aromatic N) is 4. The molecule has 1 fully saturated rings. The molecule has 0 N–H and O–H groups in total. The first kappa shape index (κ1) is 22.0. The summed E-state index contributed by atoms with van der Waals surface area (Å²) >= 11 is 3.03. The second-order valence-electron chi connectivity index (χ2n) is 7.51. The van der Waals surface area contributed by atoms with Crippen molar-refractivity contribution in [3.8, 4) is 5.75 Å². The minimum absolute atomic E-state index is 0.217. The highest BCUT2D eigenvalue weighted by atomic mass is 32.1. The SMILES string of the molecule is COc1ccc(N2C(=O)C(=O)N(CC(=O)N3N=C(c4cccs4)C[C@@H]3c3cccs3)C2=O)cc1. The van der Waals surface area contributed by atoms with Gasteiger partial charge in [-0.3, -0.25) is 14.4 Å². The van der Waals surface area contributed by atoms with Crippen molar-refractivity contribution in [1.82, 2.24) is 9.91 Å². The van der Waals surface area contributed by atoms with E-state index in [-0.39, 0.29) is 11.7 Å². The molecular formula is C23H18N4O5S2. The zero-order valence-electron chi connectivity index (χ0n) is 17.9. The van der Waals surface area contributed by atoms with Crippen LogP contribution in [0.4, 0.5) is 10.5 Å². The Labute approximate surface area is 202 Å². The molecule has 2 aromatic heterocycles. The maximum Gasteiger partial charge on any atom is 0.339 e. The van der Waals surface area contributed by atoms with Crippen molar-refractivity contribution in [2.45, 2.75) is 12.5 Å². The van der Waals surface area contributed by atoms with E-state index in [1.54, 1.807) is 12.1 Å². The van der Waals surface area contributed by atoms with Gasteiger partial charge < -0.3 is 4.74 Å². The smallest absolute Gasteiger partial charge is 0.339 e. The molecule has 3 aromatic rings. The molecule has 172 valence electrons. The summed E-state index contributed by atoms with van der Waals surface area (Å²) in [4.78, 5) is 54.8. The Balaban J connectivity index is 1.39. The highest BCUT2D eigenvalue weighted by Crippen LogP contribution is 2.36. The standard InChI is InChI=1S/C23H18N4O5S2/c1-32-15-8-6-14(7-9-15)26-22(30)21(29)25(23(26)31)13-20(28)27-17(19-5-3-11-34-19)12-16(24-27)18-4-2-10-33-18/h2-11,17H,12-13H2,1H3/t17-/m1/s1. The van der Waals surface area contributed by atoms with Gasteiger partial charge in [-0.1, -0.05) is 12.1 Å². The van der Waals surface area contributed by atoms with Crippen molar-refractivity contribution in [3.05, 3.63) is 69.0 Å². The Morgan fingerprint density at radius 2 is 1.76 bits per heavy atom. The summed E-state index contributed by atoms with van der Waals surface area (Å²) in [6.45, 7) is -0.584. The molecule has 1 aromatic carbocycles. The van der Waals surface area contributed by atoms with Crippen molar-refractivity contribution in [1.29, 1.82) is 0 Å². The molecule has 2 aliphatic heterocycles. The quantitative estimate of drug-likeness (QED) is 0.386. The first-order valence-corrected chi connectivity index (χ1v) is 12.0. The summed E-state index contributed by atoms with van der Waals surface area (Å²) < 4.78 is 5.09. The second kappa shape index (κ2) is 8.84. The number of benzene rings is 1. The van der Waals surface area contributed by atoms with E-state index in [0.29, 0.717) is 17.1 Å². The fourth-order valence-corrected chi connectivity index (χ4v) is 5.38. The number of rotatable bonds is 6. The van der Waals surface area contributed by atoms with Crippen LogP contribution in [-0.4, -0.2) is 53.0 Å². The van der Waals surface area contributed by atoms with Crippen molar-refractivity contribution in [2.24, 2.45) is 5.10 Å². The average Bonchev–Trinajstić information content (AvgIpc) is 3.64. The van der Waals surface area contributed by atoms with Gasteiger partial charge in [0.05, 0.1) is 29.4 Å². The van der Waals surface area contributed by atoms with Gasteiger partial charge in [-0.05, 0) is 47.2 Å². The molecule has 0 bridgehead atoms. The fourth-order valence-electron chi connectivity index (χ4n) is 3.85. The number of methoxy groups -OCH3 is 1. The number of hydrogen-bond acceptors (Lipinski definition) is 8. The lowest BCUT2D eigenvalue weighted by Crippen LogP contribution is -2.42. The van der Waals surface area contributed by atoms with E-state index < -0.39 is 30.3 Å². The number of carbonyl (C=O) groups excluding carboxylic acids is 4. The zero-order valence-corrected chi connectivity index (χ0v) is 19.5. The Hall–Kier alpha value is -3.83. The molecule has 0 saturated carbocycles. The monoisotopic (exact) mass is 494 g/mol. The van der Waals surface area contributed by atoms with Gasteiger partial charge in [0.1, 0.15) is 12.3 Å². The number of amides is 5.